The minimum atomic E-state index is -4.35. The average molecular weight is 300 g/mol. The highest BCUT2D eigenvalue weighted by atomic mass is 19.4. The van der Waals surface area contributed by atoms with E-state index in [4.69, 9.17) is 4.42 Å². The van der Waals surface area contributed by atoms with Crippen LogP contribution in [0.15, 0.2) is 35.1 Å². The predicted octanol–water partition coefficient (Wildman–Crippen LogP) is 1.83. The highest BCUT2D eigenvalue weighted by Crippen LogP contribution is 2.20. The lowest BCUT2D eigenvalue weighted by molar-refractivity contribution is -0.126. The summed E-state index contributed by atoms with van der Waals surface area (Å²) in [4.78, 5) is 11.5. The fourth-order valence-corrected chi connectivity index (χ4v) is 1.55. The first-order chi connectivity index (χ1) is 9.94. The van der Waals surface area contributed by atoms with Crippen molar-refractivity contribution in [1.82, 2.24) is 15.5 Å². The van der Waals surface area contributed by atoms with Gasteiger partial charge in [0.05, 0.1) is 13.1 Å². The van der Waals surface area contributed by atoms with Crippen LogP contribution in [-0.4, -0.2) is 35.4 Å². The number of hydrogen-bond donors (Lipinski definition) is 2. The number of nitrogens with zero attached hydrogens (tertiary/aromatic N) is 2. The molecule has 1 aromatic carbocycles. The third-order valence-corrected chi connectivity index (χ3v) is 2.36. The third kappa shape index (κ3) is 4.88. The van der Waals surface area contributed by atoms with Gasteiger partial charge in [-0.25, -0.2) is 0 Å². The van der Waals surface area contributed by atoms with Crippen molar-refractivity contribution in [2.45, 2.75) is 6.18 Å². The summed E-state index contributed by atoms with van der Waals surface area (Å²) < 4.78 is 40.8. The number of carbonyl (C=O) groups excluding carboxylic acids is 1. The van der Waals surface area contributed by atoms with Crippen molar-refractivity contribution in [3.05, 3.63) is 30.7 Å². The molecule has 1 heterocycles. The predicted molar refractivity (Wildman–Crippen MR) is 67.3 cm³/mol. The Balaban J connectivity index is 1.91. The second-order valence-corrected chi connectivity index (χ2v) is 4.09. The molecular weight excluding hydrogens is 289 g/mol. The van der Waals surface area contributed by atoms with Crippen LogP contribution in [0.5, 0.6) is 0 Å². The molecule has 6 nitrogen and oxygen atoms in total. The number of nitrogens with one attached hydrogen (secondary N) is 2. The Morgan fingerprint density at radius 1 is 1.33 bits per heavy atom. The van der Waals surface area contributed by atoms with Gasteiger partial charge < -0.3 is 15.1 Å². The second-order valence-electron chi connectivity index (χ2n) is 4.09. The van der Waals surface area contributed by atoms with E-state index >= 15 is 0 Å². The van der Waals surface area contributed by atoms with Crippen molar-refractivity contribution in [2.75, 3.05) is 18.4 Å². The first-order valence-electron chi connectivity index (χ1n) is 5.88. The summed E-state index contributed by atoms with van der Waals surface area (Å²) in [6.45, 7) is -1.66. The Labute approximate surface area is 117 Å². The van der Waals surface area contributed by atoms with E-state index in [1.165, 1.54) is 6.39 Å². The highest BCUT2D eigenvalue weighted by Gasteiger charge is 2.26. The zero-order chi connectivity index (χ0) is 15.3. The molecule has 1 aromatic heterocycles. The van der Waals surface area contributed by atoms with Crippen molar-refractivity contribution in [2.24, 2.45) is 0 Å². The molecule has 0 unspecified atom stereocenters. The molecule has 1 amide bonds. The number of hydrogen-bond acceptors (Lipinski definition) is 5. The lowest BCUT2D eigenvalue weighted by atomic mass is 10.2. The Morgan fingerprint density at radius 3 is 2.81 bits per heavy atom. The minimum Gasteiger partial charge on any atom is -0.423 e. The van der Waals surface area contributed by atoms with E-state index in [1.54, 1.807) is 24.3 Å². The van der Waals surface area contributed by atoms with Crippen LogP contribution in [0.4, 0.5) is 18.9 Å². The number of rotatable bonds is 5. The van der Waals surface area contributed by atoms with Crippen molar-refractivity contribution in [1.29, 1.82) is 0 Å². The largest absolute Gasteiger partial charge is 0.423 e. The molecule has 0 atom stereocenters. The van der Waals surface area contributed by atoms with Gasteiger partial charge in [-0.2, -0.15) is 13.2 Å². The van der Waals surface area contributed by atoms with E-state index in [2.05, 4.69) is 15.5 Å². The first kappa shape index (κ1) is 15.0. The van der Waals surface area contributed by atoms with Crippen LogP contribution in [0.1, 0.15) is 0 Å². The van der Waals surface area contributed by atoms with Crippen molar-refractivity contribution < 1.29 is 22.4 Å². The van der Waals surface area contributed by atoms with Crippen molar-refractivity contribution in [3.63, 3.8) is 0 Å². The molecule has 9 heteroatoms. The number of amides is 1. The zero-order valence-corrected chi connectivity index (χ0v) is 10.6. The van der Waals surface area contributed by atoms with Gasteiger partial charge in [0, 0.05) is 11.3 Å². The number of halogens is 3. The van der Waals surface area contributed by atoms with Crippen LogP contribution in [0.25, 0.3) is 11.5 Å². The molecule has 21 heavy (non-hydrogen) atoms. The molecule has 2 aromatic rings. The molecule has 0 radical (unpaired) electrons. The Hall–Kier alpha value is -2.42. The van der Waals surface area contributed by atoms with Gasteiger partial charge in [0.25, 0.3) is 0 Å². The lowest BCUT2D eigenvalue weighted by Gasteiger charge is -2.09. The summed E-state index contributed by atoms with van der Waals surface area (Å²) in [6, 6.07) is 6.53. The van der Waals surface area contributed by atoms with Crippen LogP contribution in [0.3, 0.4) is 0 Å². The number of benzene rings is 1. The normalized spacial score (nSPS) is 11.4. The van der Waals surface area contributed by atoms with Crippen LogP contribution in [-0.2, 0) is 4.79 Å². The van der Waals surface area contributed by atoms with Gasteiger partial charge in [0.1, 0.15) is 0 Å². The van der Waals surface area contributed by atoms with E-state index in [1.807, 2.05) is 5.32 Å². The highest BCUT2D eigenvalue weighted by molar-refractivity contribution is 5.92. The van der Waals surface area contributed by atoms with E-state index in [0.717, 1.165) is 0 Å². The topological polar surface area (TPSA) is 80.0 Å². The molecule has 0 bridgehead atoms. The molecule has 0 spiro atoms. The van der Waals surface area contributed by atoms with Crippen LogP contribution >= 0.6 is 0 Å². The lowest BCUT2D eigenvalue weighted by Crippen LogP contribution is -2.35. The summed E-state index contributed by atoms with van der Waals surface area (Å²) in [7, 11) is 0. The summed E-state index contributed by atoms with van der Waals surface area (Å²) in [5.74, 6) is -0.303. The van der Waals surface area contributed by atoms with Gasteiger partial charge in [0.15, 0.2) is 0 Å². The number of carbonyl (C=O) groups is 1. The number of alkyl halides is 3. The van der Waals surface area contributed by atoms with E-state index < -0.39 is 25.2 Å². The Kier molecular flexibility index (Phi) is 4.53. The molecule has 112 valence electrons. The van der Waals surface area contributed by atoms with Crippen LogP contribution in [0, 0.1) is 0 Å². The first-order valence-corrected chi connectivity index (χ1v) is 5.88. The summed E-state index contributed by atoms with van der Waals surface area (Å²) >= 11 is 0. The van der Waals surface area contributed by atoms with E-state index in [9.17, 15) is 18.0 Å². The standard InChI is InChI=1S/C12H11F3N4O2/c13-12(14,15)6-16-5-10(20)18-9-3-1-2-8(4-9)11-19-17-7-21-11/h1-4,7,16H,5-6H2,(H,18,20). The summed E-state index contributed by atoms with van der Waals surface area (Å²) in [5, 5.41) is 11.7. The smallest absolute Gasteiger partial charge is 0.401 e. The van der Waals surface area contributed by atoms with Crippen LogP contribution in [0.2, 0.25) is 0 Å². The van der Waals surface area contributed by atoms with Crippen molar-refractivity contribution >= 4 is 11.6 Å². The quantitative estimate of drug-likeness (QED) is 0.880. The van der Waals surface area contributed by atoms with Crippen LogP contribution < -0.4 is 10.6 Å². The van der Waals surface area contributed by atoms with Gasteiger partial charge in [0.2, 0.25) is 18.2 Å². The maximum Gasteiger partial charge on any atom is 0.401 e. The van der Waals surface area contributed by atoms with Crippen molar-refractivity contribution in [3.8, 4) is 11.5 Å². The molecule has 0 aliphatic rings. The second kappa shape index (κ2) is 6.35. The fourth-order valence-electron chi connectivity index (χ4n) is 1.55. The maximum atomic E-state index is 11.9. The zero-order valence-electron chi connectivity index (χ0n) is 10.6. The van der Waals surface area contributed by atoms with E-state index in [-0.39, 0.29) is 5.89 Å². The average Bonchev–Trinajstić information content (AvgIpc) is 2.91. The van der Waals surface area contributed by atoms with Gasteiger partial charge in [-0.15, -0.1) is 10.2 Å². The molecule has 0 aliphatic heterocycles. The Morgan fingerprint density at radius 2 is 2.14 bits per heavy atom. The molecule has 0 saturated carbocycles. The van der Waals surface area contributed by atoms with Gasteiger partial charge in [-0.05, 0) is 18.2 Å². The fraction of sp³-hybridized carbons (Fsp3) is 0.250. The maximum absolute atomic E-state index is 11.9. The molecule has 0 fully saturated rings. The summed E-state index contributed by atoms with van der Waals surface area (Å²) in [6.07, 6.45) is -3.18. The molecule has 2 N–H and O–H groups in total. The minimum absolute atomic E-state index is 0.279. The SMILES string of the molecule is O=C(CNCC(F)(F)F)Nc1cccc(-c2nnco2)c1. The number of aromatic nitrogens is 2. The third-order valence-electron chi connectivity index (χ3n) is 2.36. The van der Waals surface area contributed by atoms with Gasteiger partial charge in [-0.3, -0.25) is 4.79 Å². The molecule has 0 aliphatic carbocycles. The monoisotopic (exact) mass is 300 g/mol. The molecule has 2 rings (SSSR count). The molecule has 0 saturated heterocycles. The van der Waals surface area contributed by atoms with Gasteiger partial charge in [-0.1, -0.05) is 6.07 Å². The number of anilines is 1. The summed E-state index contributed by atoms with van der Waals surface area (Å²) in [5.41, 5.74) is 1.01. The molecular formula is C12H11F3N4O2. The van der Waals surface area contributed by atoms with E-state index in [0.29, 0.717) is 11.3 Å². The Bertz CT molecular complexity index is 599. The van der Waals surface area contributed by atoms with Gasteiger partial charge >= 0.3 is 6.18 Å².